The van der Waals surface area contributed by atoms with Gasteiger partial charge < -0.3 is 14.7 Å². The molecule has 4 rings (SSSR count). The van der Waals surface area contributed by atoms with Gasteiger partial charge in [-0.2, -0.15) is 5.10 Å². The number of rotatable bonds is 5. The Hall–Kier alpha value is -3.04. The number of halogens is 1. The van der Waals surface area contributed by atoms with Crippen molar-refractivity contribution in [2.75, 3.05) is 39.4 Å². The van der Waals surface area contributed by atoms with E-state index in [2.05, 4.69) is 15.1 Å². The van der Waals surface area contributed by atoms with Gasteiger partial charge in [-0.25, -0.2) is 4.39 Å². The Morgan fingerprint density at radius 3 is 2.58 bits per heavy atom. The topological polar surface area (TPSA) is 98.8 Å². The fourth-order valence-corrected chi connectivity index (χ4v) is 4.24. The summed E-state index contributed by atoms with van der Waals surface area (Å²) in [5, 5.41) is 17.9. The molecule has 9 heteroatoms. The third-order valence-electron chi connectivity index (χ3n) is 5.87. The lowest BCUT2D eigenvalue weighted by Gasteiger charge is -2.31. The number of ketones is 1. The van der Waals surface area contributed by atoms with Crippen LogP contribution in [0.15, 0.2) is 29.8 Å². The molecule has 31 heavy (non-hydrogen) atoms. The molecule has 164 valence electrons. The van der Waals surface area contributed by atoms with Crippen LogP contribution in [0, 0.1) is 19.7 Å². The number of nitrogens with one attached hydrogen (secondary N) is 1. The molecule has 2 aliphatic heterocycles. The lowest BCUT2D eigenvalue weighted by atomic mass is 9.94. The number of aliphatic hydroxyl groups is 1. The normalized spacial score (nSPS) is 21.8. The third-order valence-corrected chi connectivity index (χ3v) is 5.87. The largest absolute Gasteiger partial charge is 0.507 e. The van der Waals surface area contributed by atoms with Crippen LogP contribution in [-0.2, 0) is 14.3 Å². The quantitative estimate of drug-likeness (QED) is 0.429. The van der Waals surface area contributed by atoms with Gasteiger partial charge in [0, 0.05) is 37.4 Å². The molecule has 1 atom stereocenters. The van der Waals surface area contributed by atoms with Crippen molar-refractivity contribution in [3.05, 3.63) is 58.2 Å². The first-order chi connectivity index (χ1) is 14.9. The molecule has 1 amide bonds. The maximum Gasteiger partial charge on any atom is 0.295 e. The second-order valence-electron chi connectivity index (χ2n) is 7.78. The molecule has 3 heterocycles. The van der Waals surface area contributed by atoms with Crippen LogP contribution in [-0.4, -0.2) is 76.2 Å². The van der Waals surface area contributed by atoms with Gasteiger partial charge in [-0.3, -0.25) is 19.6 Å². The number of aromatic nitrogens is 2. The minimum Gasteiger partial charge on any atom is -0.507 e. The summed E-state index contributed by atoms with van der Waals surface area (Å²) >= 11 is 0. The van der Waals surface area contributed by atoms with Gasteiger partial charge in [-0.1, -0.05) is 18.2 Å². The number of ether oxygens (including phenoxy) is 1. The zero-order valence-electron chi connectivity index (χ0n) is 17.5. The van der Waals surface area contributed by atoms with Crippen molar-refractivity contribution in [1.29, 1.82) is 0 Å². The van der Waals surface area contributed by atoms with Crippen LogP contribution >= 0.6 is 0 Å². The third kappa shape index (κ3) is 3.86. The zero-order chi connectivity index (χ0) is 22.1. The standard InChI is InChI=1S/C22H25FN4O4/c1-13-17(14(2)25-24-13)20(28)18-19(15-5-3-4-6-16(15)23)27(22(30)21(18)29)8-7-26-9-11-31-12-10-26/h3-6,19,28H,7-12H2,1-2H3,(H,24,25)/b20-18+. The van der Waals surface area contributed by atoms with E-state index in [0.29, 0.717) is 36.7 Å². The molecule has 0 saturated carbocycles. The van der Waals surface area contributed by atoms with Crippen LogP contribution in [0.2, 0.25) is 0 Å². The van der Waals surface area contributed by atoms with Gasteiger partial charge in [0.25, 0.3) is 11.7 Å². The van der Waals surface area contributed by atoms with Crippen LogP contribution in [0.25, 0.3) is 5.76 Å². The number of likely N-dealkylation sites (tertiary alicyclic amines) is 1. The predicted molar refractivity (Wildman–Crippen MR) is 111 cm³/mol. The number of hydrogen-bond donors (Lipinski definition) is 2. The van der Waals surface area contributed by atoms with E-state index in [4.69, 9.17) is 4.74 Å². The zero-order valence-corrected chi connectivity index (χ0v) is 17.5. The molecule has 0 aliphatic carbocycles. The number of benzene rings is 1. The number of morpholine rings is 1. The molecule has 1 aromatic heterocycles. The number of aryl methyl sites for hydroxylation is 2. The molecular formula is C22H25FN4O4. The maximum absolute atomic E-state index is 14.8. The summed E-state index contributed by atoms with van der Waals surface area (Å²) in [5.41, 5.74) is 1.45. The second-order valence-corrected chi connectivity index (χ2v) is 7.78. The van der Waals surface area contributed by atoms with Gasteiger partial charge in [0.05, 0.1) is 36.1 Å². The summed E-state index contributed by atoms with van der Waals surface area (Å²) in [4.78, 5) is 29.5. The smallest absolute Gasteiger partial charge is 0.295 e. The number of nitrogens with zero attached hydrogens (tertiary/aromatic N) is 3. The van der Waals surface area contributed by atoms with Crippen molar-refractivity contribution in [2.24, 2.45) is 0 Å². The molecule has 0 spiro atoms. The summed E-state index contributed by atoms with van der Waals surface area (Å²) in [7, 11) is 0. The molecule has 2 fully saturated rings. The lowest BCUT2D eigenvalue weighted by molar-refractivity contribution is -0.140. The number of carbonyl (C=O) groups is 2. The molecule has 0 bridgehead atoms. The summed E-state index contributed by atoms with van der Waals surface area (Å²) in [6.45, 7) is 6.80. The number of hydrogen-bond acceptors (Lipinski definition) is 6. The highest BCUT2D eigenvalue weighted by Gasteiger charge is 2.47. The minimum atomic E-state index is -1.02. The van der Waals surface area contributed by atoms with Crippen molar-refractivity contribution in [3.63, 3.8) is 0 Å². The molecule has 2 N–H and O–H groups in total. The fourth-order valence-electron chi connectivity index (χ4n) is 4.24. The van der Waals surface area contributed by atoms with E-state index in [1.807, 2.05) is 0 Å². The van der Waals surface area contributed by atoms with E-state index in [9.17, 15) is 19.1 Å². The van der Waals surface area contributed by atoms with E-state index < -0.39 is 23.5 Å². The Morgan fingerprint density at radius 2 is 1.94 bits per heavy atom. The Bertz CT molecular complexity index is 1020. The van der Waals surface area contributed by atoms with Crippen LogP contribution in [0.5, 0.6) is 0 Å². The van der Waals surface area contributed by atoms with Crippen LogP contribution in [0.1, 0.15) is 28.6 Å². The van der Waals surface area contributed by atoms with Crippen molar-refractivity contribution in [1.82, 2.24) is 20.0 Å². The van der Waals surface area contributed by atoms with Crippen molar-refractivity contribution in [2.45, 2.75) is 19.9 Å². The first-order valence-corrected chi connectivity index (χ1v) is 10.2. The summed E-state index contributed by atoms with van der Waals surface area (Å²) in [5.74, 6) is -2.46. The summed E-state index contributed by atoms with van der Waals surface area (Å²) < 4.78 is 20.2. The molecule has 8 nitrogen and oxygen atoms in total. The molecule has 2 saturated heterocycles. The first kappa shape index (κ1) is 21.2. The highest BCUT2D eigenvalue weighted by molar-refractivity contribution is 6.46. The van der Waals surface area contributed by atoms with Crippen molar-refractivity contribution in [3.8, 4) is 0 Å². The highest BCUT2D eigenvalue weighted by atomic mass is 19.1. The van der Waals surface area contributed by atoms with E-state index in [0.717, 1.165) is 13.1 Å². The molecule has 2 aromatic rings. The van der Waals surface area contributed by atoms with Gasteiger partial charge in [0.1, 0.15) is 11.6 Å². The van der Waals surface area contributed by atoms with Gasteiger partial charge in [0.2, 0.25) is 0 Å². The average Bonchev–Trinajstić information content (AvgIpc) is 3.23. The van der Waals surface area contributed by atoms with Crippen molar-refractivity contribution < 1.29 is 23.8 Å². The van der Waals surface area contributed by atoms with Crippen LogP contribution < -0.4 is 0 Å². The summed E-state index contributed by atoms with van der Waals surface area (Å²) in [6.07, 6.45) is 0. The Labute approximate surface area is 179 Å². The van der Waals surface area contributed by atoms with Gasteiger partial charge in [-0.05, 0) is 19.9 Å². The number of Topliss-reactive ketones (excluding diaryl/α,β-unsaturated/α-hetero) is 1. The van der Waals surface area contributed by atoms with E-state index in [1.54, 1.807) is 26.0 Å². The van der Waals surface area contributed by atoms with E-state index >= 15 is 0 Å². The van der Waals surface area contributed by atoms with Gasteiger partial charge in [0.15, 0.2) is 0 Å². The van der Waals surface area contributed by atoms with Gasteiger partial charge >= 0.3 is 0 Å². The monoisotopic (exact) mass is 428 g/mol. The number of H-pyrrole nitrogens is 1. The fraction of sp³-hybridized carbons (Fsp3) is 0.409. The first-order valence-electron chi connectivity index (χ1n) is 10.2. The minimum absolute atomic E-state index is 0.121. The Morgan fingerprint density at radius 1 is 1.23 bits per heavy atom. The van der Waals surface area contributed by atoms with E-state index in [1.165, 1.54) is 17.0 Å². The molecule has 1 aromatic carbocycles. The predicted octanol–water partition coefficient (Wildman–Crippen LogP) is 1.92. The Kier molecular flexibility index (Phi) is 5.88. The van der Waals surface area contributed by atoms with E-state index in [-0.39, 0.29) is 23.4 Å². The number of carbonyl (C=O) groups excluding carboxylic acids is 2. The highest BCUT2D eigenvalue weighted by Crippen LogP contribution is 2.40. The number of amides is 1. The second kappa shape index (κ2) is 8.60. The molecule has 1 unspecified atom stereocenters. The molecular weight excluding hydrogens is 403 g/mol. The van der Waals surface area contributed by atoms with Gasteiger partial charge in [-0.15, -0.1) is 0 Å². The lowest BCUT2D eigenvalue weighted by Crippen LogP contribution is -2.42. The molecule has 0 radical (unpaired) electrons. The maximum atomic E-state index is 14.8. The summed E-state index contributed by atoms with van der Waals surface area (Å²) in [6, 6.07) is 5.00. The number of aromatic amines is 1. The SMILES string of the molecule is Cc1n[nH]c(C)c1/C(O)=C1\C(=O)C(=O)N(CCN2CCOCC2)C1c1ccccc1F. The number of aliphatic hydroxyl groups excluding tert-OH is 1. The van der Waals surface area contributed by atoms with Crippen LogP contribution in [0.4, 0.5) is 4.39 Å². The van der Waals surface area contributed by atoms with Crippen LogP contribution in [0.3, 0.4) is 0 Å². The Balaban J connectivity index is 1.78. The van der Waals surface area contributed by atoms with Crippen molar-refractivity contribution >= 4 is 17.4 Å². The molecule has 2 aliphatic rings. The average molecular weight is 428 g/mol.